The van der Waals surface area contributed by atoms with Crippen molar-refractivity contribution in [2.45, 2.75) is 39.7 Å². The number of amides is 1. The van der Waals surface area contributed by atoms with E-state index < -0.39 is 0 Å². The molecule has 0 aromatic heterocycles. The molecule has 7 heteroatoms. The Bertz CT molecular complexity index is 825. The fourth-order valence-corrected chi connectivity index (χ4v) is 2.82. The Balaban J connectivity index is 2.04. The zero-order valence-corrected chi connectivity index (χ0v) is 17.5. The molecule has 28 heavy (non-hydrogen) atoms. The largest absolute Gasteiger partial charge is 0.490 e. The summed E-state index contributed by atoms with van der Waals surface area (Å²) in [7, 11) is 0. The quantitative estimate of drug-likeness (QED) is 0.399. The van der Waals surface area contributed by atoms with Gasteiger partial charge in [0, 0.05) is 22.0 Å². The van der Waals surface area contributed by atoms with E-state index in [1.54, 1.807) is 24.4 Å². The fourth-order valence-electron chi connectivity index (χ4n) is 2.36. The molecule has 2 aromatic carbocycles. The van der Waals surface area contributed by atoms with Crippen LogP contribution in [0.15, 0.2) is 41.5 Å². The van der Waals surface area contributed by atoms with Crippen molar-refractivity contribution in [3.8, 4) is 11.5 Å². The maximum atomic E-state index is 11.6. The Morgan fingerprint density at radius 2 is 1.93 bits per heavy atom. The Kier molecular flexibility index (Phi) is 9.11. The number of hydrazone groups is 1. The number of benzene rings is 2. The van der Waals surface area contributed by atoms with Gasteiger partial charge in [0.05, 0.1) is 12.8 Å². The third-order valence-corrected chi connectivity index (χ3v) is 4.41. The highest BCUT2D eigenvalue weighted by atomic mass is 35.5. The summed E-state index contributed by atoms with van der Waals surface area (Å²) in [5.74, 6) is 1.09. The maximum absolute atomic E-state index is 11.6. The first-order valence-electron chi connectivity index (χ1n) is 9.19. The van der Waals surface area contributed by atoms with E-state index in [-0.39, 0.29) is 12.5 Å². The Hall–Kier alpha value is -2.24. The van der Waals surface area contributed by atoms with Crippen LogP contribution in [0.25, 0.3) is 0 Å². The molecule has 0 heterocycles. The highest BCUT2D eigenvalue weighted by molar-refractivity contribution is 6.35. The molecule has 0 atom stereocenters. The minimum atomic E-state index is -0.0945. The van der Waals surface area contributed by atoms with Crippen LogP contribution in [0.1, 0.15) is 44.2 Å². The zero-order chi connectivity index (χ0) is 20.4. The molecular weight excluding hydrogens is 399 g/mol. The molecule has 0 aliphatic heterocycles. The summed E-state index contributed by atoms with van der Waals surface area (Å²) in [5.41, 5.74) is 4.14. The predicted molar refractivity (Wildman–Crippen MR) is 114 cm³/mol. The van der Waals surface area contributed by atoms with Gasteiger partial charge in [-0.15, -0.1) is 0 Å². The average Bonchev–Trinajstić information content (AvgIpc) is 2.67. The van der Waals surface area contributed by atoms with E-state index in [1.807, 2.05) is 32.0 Å². The van der Waals surface area contributed by atoms with Crippen molar-refractivity contribution in [2.24, 2.45) is 5.10 Å². The van der Waals surface area contributed by atoms with Crippen molar-refractivity contribution in [3.05, 3.63) is 57.6 Å². The molecule has 0 unspecified atom stereocenters. The number of hydrogen-bond donors (Lipinski definition) is 1. The van der Waals surface area contributed by atoms with Crippen LogP contribution in [0.2, 0.25) is 10.0 Å². The van der Waals surface area contributed by atoms with Crippen LogP contribution in [0.4, 0.5) is 0 Å². The number of unbranched alkanes of at least 4 members (excludes halogenated alkanes) is 1. The second-order valence-corrected chi connectivity index (χ2v) is 6.90. The number of hydrogen-bond acceptors (Lipinski definition) is 4. The molecule has 2 rings (SSSR count). The molecule has 150 valence electrons. The van der Waals surface area contributed by atoms with Gasteiger partial charge in [-0.2, -0.15) is 5.10 Å². The third-order valence-electron chi connectivity index (χ3n) is 3.83. The van der Waals surface area contributed by atoms with Gasteiger partial charge in [-0.25, -0.2) is 5.43 Å². The number of rotatable bonds is 10. The number of nitrogens with zero attached hydrogens (tertiary/aromatic N) is 1. The van der Waals surface area contributed by atoms with Gasteiger partial charge in [0.15, 0.2) is 11.5 Å². The summed E-state index contributed by atoms with van der Waals surface area (Å²) in [6.45, 7) is 4.72. The normalized spacial score (nSPS) is 10.9. The highest BCUT2D eigenvalue weighted by Crippen LogP contribution is 2.30. The topological polar surface area (TPSA) is 59.9 Å². The average molecular weight is 423 g/mol. The number of nitrogens with one attached hydrogen (secondary N) is 1. The standard InChI is InChI=1S/C21H24Cl2N2O3/c1-3-5-6-21(26)25-24-13-15-7-10-19(20(11-15)27-4-2)28-14-16-8-9-17(22)12-18(16)23/h7-13H,3-6,14H2,1-2H3,(H,25,26)/b24-13+. The van der Waals surface area contributed by atoms with E-state index in [0.29, 0.717) is 34.6 Å². The van der Waals surface area contributed by atoms with Gasteiger partial charge >= 0.3 is 0 Å². The molecule has 5 nitrogen and oxygen atoms in total. The Labute approximate surface area is 175 Å². The van der Waals surface area contributed by atoms with E-state index >= 15 is 0 Å². The molecule has 0 bridgehead atoms. The van der Waals surface area contributed by atoms with Crippen molar-refractivity contribution in [1.82, 2.24) is 5.43 Å². The smallest absolute Gasteiger partial charge is 0.240 e. The predicted octanol–water partition coefficient (Wildman–Crippen LogP) is 5.61. The van der Waals surface area contributed by atoms with E-state index in [1.165, 1.54) is 0 Å². The zero-order valence-electron chi connectivity index (χ0n) is 16.0. The second-order valence-electron chi connectivity index (χ2n) is 6.06. The van der Waals surface area contributed by atoms with Gasteiger partial charge in [-0.1, -0.05) is 42.6 Å². The lowest BCUT2D eigenvalue weighted by Crippen LogP contribution is -2.16. The molecule has 0 spiro atoms. The van der Waals surface area contributed by atoms with Crippen LogP contribution in [-0.2, 0) is 11.4 Å². The molecule has 1 amide bonds. The molecule has 0 aliphatic rings. The molecule has 0 saturated heterocycles. The van der Waals surface area contributed by atoms with E-state index in [2.05, 4.69) is 10.5 Å². The maximum Gasteiger partial charge on any atom is 0.240 e. The molecule has 2 aromatic rings. The lowest BCUT2D eigenvalue weighted by molar-refractivity contribution is -0.121. The number of carbonyl (C=O) groups is 1. The molecular formula is C21H24Cl2N2O3. The minimum Gasteiger partial charge on any atom is -0.490 e. The first-order valence-corrected chi connectivity index (χ1v) is 9.94. The minimum absolute atomic E-state index is 0.0945. The molecule has 0 saturated carbocycles. The molecule has 0 radical (unpaired) electrons. The van der Waals surface area contributed by atoms with Gasteiger partial charge in [0.25, 0.3) is 0 Å². The fraction of sp³-hybridized carbons (Fsp3) is 0.333. The van der Waals surface area contributed by atoms with Crippen LogP contribution in [0, 0.1) is 0 Å². The lowest BCUT2D eigenvalue weighted by Gasteiger charge is -2.13. The highest BCUT2D eigenvalue weighted by Gasteiger charge is 2.08. The van der Waals surface area contributed by atoms with Crippen molar-refractivity contribution < 1.29 is 14.3 Å². The summed E-state index contributed by atoms with van der Waals surface area (Å²) in [6, 6.07) is 10.7. The Morgan fingerprint density at radius 3 is 2.64 bits per heavy atom. The SMILES string of the molecule is CCCCC(=O)N/N=C/c1ccc(OCc2ccc(Cl)cc2Cl)c(OCC)c1. The van der Waals surface area contributed by atoms with Crippen molar-refractivity contribution >= 4 is 35.3 Å². The second kappa shape index (κ2) is 11.6. The van der Waals surface area contributed by atoms with E-state index in [0.717, 1.165) is 24.0 Å². The first kappa shape index (κ1) is 22.1. The van der Waals surface area contributed by atoms with Gasteiger partial charge in [-0.3, -0.25) is 4.79 Å². The van der Waals surface area contributed by atoms with E-state index in [9.17, 15) is 4.79 Å². The van der Waals surface area contributed by atoms with Gasteiger partial charge in [0.1, 0.15) is 6.61 Å². The summed E-state index contributed by atoms with van der Waals surface area (Å²) < 4.78 is 11.5. The lowest BCUT2D eigenvalue weighted by atomic mass is 10.2. The van der Waals surface area contributed by atoms with Gasteiger partial charge in [-0.05, 0) is 49.2 Å². The summed E-state index contributed by atoms with van der Waals surface area (Å²) in [5, 5.41) is 5.11. The molecule has 0 fully saturated rings. The number of ether oxygens (including phenoxy) is 2. The van der Waals surface area contributed by atoms with Gasteiger partial charge in [0.2, 0.25) is 5.91 Å². The van der Waals surface area contributed by atoms with Gasteiger partial charge < -0.3 is 9.47 Å². The number of halogens is 2. The van der Waals surface area contributed by atoms with Crippen molar-refractivity contribution in [3.63, 3.8) is 0 Å². The van der Waals surface area contributed by atoms with Crippen LogP contribution < -0.4 is 14.9 Å². The monoisotopic (exact) mass is 422 g/mol. The van der Waals surface area contributed by atoms with Crippen LogP contribution >= 0.6 is 23.2 Å². The molecule has 0 aliphatic carbocycles. The van der Waals surface area contributed by atoms with Crippen molar-refractivity contribution in [1.29, 1.82) is 0 Å². The van der Waals surface area contributed by atoms with E-state index in [4.69, 9.17) is 32.7 Å². The van der Waals surface area contributed by atoms with Crippen LogP contribution in [0.3, 0.4) is 0 Å². The van der Waals surface area contributed by atoms with Crippen molar-refractivity contribution in [2.75, 3.05) is 6.61 Å². The Morgan fingerprint density at radius 1 is 1.11 bits per heavy atom. The van der Waals surface area contributed by atoms with Crippen LogP contribution in [0.5, 0.6) is 11.5 Å². The number of carbonyl (C=O) groups excluding carboxylic acids is 1. The first-order chi connectivity index (χ1) is 13.5. The summed E-state index contributed by atoms with van der Waals surface area (Å²) in [4.78, 5) is 11.6. The third kappa shape index (κ3) is 7.06. The molecule has 1 N–H and O–H groups in total. The van der Waals surface area contributed by atoms with Crippen LogP contribution in [-0.4, -0.2) is 18.7 Å². The summed E-state index contributed by atoms with van der Waals surface area (Å²) in [6.07, 6.45) is 3.86. The summed E-state index contributed by atoms with van der Waals surface area (Å²) >= 11 is 12.1.